The van der Waals surface area contributed by atoms with Crippen LogP contribution in [0.25, 0.3) is 6.08 Å². The molecule has 9 heteroatoms. The number of imide groups is 2. The van der Waals surface area contributed by atoms with Crippen LogP contribution in [0.5, 0.6) is 11.5 Å². The maximum atomic E-state index is 13.5. The summed E-state index contributed by atoms with van der Waals surface area (Å²) >= 11 is 6.49. The summed E-state index contributed by atoms with van der Waals surface area (Å²) in [5.74, 6) is -1.44. The Morgan fingerprint density at radius 3 is 2.51 bits per heavy atom. The van der Waals surface area contributed by atoms with Crippen molar-refractivity contribution >= 4 is 41.2 Å². The number of hydrogen-bond donors (Lipinski definition) is 1. The molecule has 0 spiro atoms. The number of nitrogens with one attached hydrogen (secondary N) is 1. The highest BCUT2D eigenvalue weighted by molar-refractivity contribution is 6.39. The SMILES string of the molecule is CCOc1cc(/C=C2/C(=O)NC(=O)N(c3ccccc3CC)C2=O)cc(Cl)c1OCc1cccc(F)c1. The van der Waals surface area contributed by atoms with Crippen molar-refractivity contribution in [2.45, 2.75) is 26.9 Å². The molecule has 0 radical (unpaired) electrons. The third-order valence-electron chi connectivity index (χ3n) is 5.63. The van der Waals surface area contributed by atoms with Crippen LogP contribution in [0.3, 0.4) is 0 Å². The lowest BCUT2D eigenvalue weighted by molar-refractivity contribution is -0.122. The quantitative estimate of drug-likeness (QED) is 0.304. The Balaban J connectivity index is 1.68. The topological polar surface area (TPSA) is 84.9 Å². The smallest absolute Gasteiger partial charge is 0.335 e. The van der Waals surface area contributed by atoms with Crippen LogP contribution in [0.2, 0.25) is 5.02 Å². The first-order valence-electron chi connectivity index (χ1n) is 11.6. The molecule has 1 N–H and O–H groups in total. The summed E-state index contributed by atoms with van der Waals surface area (Å²) in [5.41, 5.74) is 1.94. The van der Waals surface area contributed by atoms with Crippen LogP contribution in [0.4, 0.5) is 14.9 Å². The zero-order valence-electron chi connectivity index (χ0n) is 20.2. The van der Waals surface area contributed by atoms with Crippen LogP contribution in [0, 0.1) is 5.82 Å². The normalized spacial score (nSPS) is 14.6. The lowest BCUT2D eigenvalue weighted by Crippen LogP contribution is -2.54. The summed E-state index contributed by atoms with van der Waals surface area (Å²) < 4.78 is 25.0. The Labute approximate surface area is 218 Å². The average molecular weight is 523 g/mol. The summed E-state index contributed by atoms with van der Waals surface area (Å²) in [6.45, 7) is 4.03. The highest BCUT2D eigenvalue weighted by Crippen LogP contribution is 2.38. The van der Waals surface area contributed by atoms with Crippen molar-refractivity contribution in [1.29, 1.82) is 0 Å². The molecule has 1 aliphatic heterocycles. The largest absolute Gasteiger partial charge is 0.490 e. The molecule has 1 aliphatic rings. The van der Waals surface area contributed by atoms with E-state index in [1.165, 1.54) is 24.3 Å². The van der Waals surface area contributed by atoms with Crippen LogP contribution in [-0.4, -0.2) is 24.5 Å². The molecule has 0 atom stereocenters. The van der Waals surface area contributed by atoms with E-state index < -0.39 is 17.8 Å². The van der Waals surface area contributed by atoms with Gasteiger partial charge in [-0.1, -0.05) is 48.9 Å². The van der Waals surface area contributed by atoms with Crippen molar-refractivity contribution in [2.75, 3.05) is 11.5 Å². The monoisotopic (exact) mass is 522 g/mol. The number of rotatable bonds is 8. The molecule has 0 aliphatic carbocycles. The Morgan fingerprint density at radius 1 is 1.00 bits per heavy atom. The predicted molar refractivity (Wildman–Crippen MR) is 138 cm³/mol. The fourth-order valence-electron chi connectivity index (χ4n) is 3.93. The second kappa shape index (κ2) is 11.3. The Bertz CT molecular complexity index is 1410. The zero-order valence-corrected chi connectivity index (χ0v) is 21.0. The van der Waals surface area contributed by atoms with Crippen molar-refractivity contribution < 1.29 is 28.2 Å². The third kappa shape index (κ3) is 5.65. The van der Waals surface area contributed by atoms with Gasteiger partial charge in [0.1, 0.15) is 18.0 Å². The second-order valence-corrected chi connectivity index (χ2v) is 8.53. The molecule has 1 heterocycles. The van der Waals surface area contributed by atoms with Gasteiger partial charge in [-0.15, -0.1) is 0 Å². The van der Waals surface area contributed by atoms with Gasteiger partial charge in [-0.3, -0.25) is 14.9 Å². The van der Waals surface area contributed by atoms with E-state index in [1.807, 2.05) is 19.1 Å². The number of barbiturate groups is 1. The highest BCUT2D eigenvalue weighted by Gasteiger charge is 2.37. The molecule has 1 fully saturated rings. The van der Waals surface area contributed by atoms with Gasteiger partial charge in [0.05, 0.1) is 17.3 Å². The number of aryl methyl sites for hydroxylation is 1. The molecule has 3 aromatic rings. The fourth-order valence-corrected chi connectivity index (χ4v) is 4.20. The number of carbonyl (C=O) groups is 3. The third-order valence-corrected chi connectivity index (χ3v) is 5.91. The number of benzene rings is 3. The van der Waals surface area contributed by atoms with E-state index >= 15 is 0 Å². The maximum Gasteiger partial charge on any atom is 0.335 e. The molecule has 0 saturated carbocycles. The highest BCUT2D eigenvalue weighted by atomic mass is 35.5. The Morgan fingerprint density at radius 2 is 1.78 bits per heavy atom. The van der Waals surface area contributed by atoms with Gasteiger partial charge in [0.25, 0.3) is 11.8 Å². The van der Waals surface area contributed by atoms with E-state index in [1.54, 1.807) is 37.3 Å². The minimum Gasteiger partial charge on any atom is -0.490 e. The number of hydrogen-bond acceptors (Lipinski definition) is 5. The van der Waals surface area contributed by atoms with E-state index in [4.69, 9.17) is 21.1 Å². The van der Waals surface area contributed by atoms with Gasteiger partial charge in [0.15, 0.2) is 11.5 Å². The van der Waals surface area contributed by atoms with Crippen LogP contribution in [0.15, 0.2) is 66.2 Å². The van der Waals surface area contributed by atoms with Crippen molar-refractivity contribution in [2.24, 2.45) is 0 Å². The van der Waals surface area contributed by atoms with Gasteiger partial charge in [0.2, 0.25) is 0 Å². The Hall–Kier alpha value is -4.17. The van der Waals surface area contributed by atoms with E-state index in [0.29, 0.717) is 29.8 Å². The second-order valence-electron chi connectivity index (χ2n) is 8.12. The number of nitrogens with zero attached hydrogens (tertiary/aromatic N) is 1. The molecular weight excluding hydrogens is 499 g/mol. The number of anilines is 1. The lowest BCUT2D eigenvalue weighted by Gasteiger charge is -2.28. The van der Waals surface area contributed by atoms with Crippen molar-refractivity contribution in [3.8, 4) is 11.5 Å². The molecular formula is C28H24ClFN2O5. The number of ether oxygens (including phenoxy) is 2. The number of amides is 4. The van der Waals surface area contributed by atoms with E-state index in [9.17, 15) is 18.8 Å². The molecule has 4 amide bonds. The van der Waals surface area contributed by atoms with Gasteiger partial charge in [0, 0.05) is 0 Å². The lowest BCUT2D eigenvalue weighted by atomic mass is 10.0. The van der Waals surface area contributed by atoms with Gasteiger partial charge >= 0.3 is 6.03 Å². The first kappa shape index (κ1) is 25.9. The van der Waals surface area contributed by atoms with Crippen LogP contribution >= 0.6 is 11.6 Å². The van der Waals surface area contributed by atoms with Crippen molar-refractivity contribution in [3.63, 3.8) is 0 Å². The summed E-state index contributed by atoms with van der Waals surface area (Å²) in [6.07, 6.45) is 1.93. The molecule has 3 aromatic carbocycles. The molecule has 0 aromatic heterocycles. The van der Waals surface area contributed by atoms with Gasteiger partial charge in [-0.05, 0) is 66.4 Å². The van der Waals surface area contributed by atoms with E-state index in [0.717, 1.165) is 10.5 Å². The first-order chi connectivity index (χ1) is 17.8. The van der Waals surface area contributed by atoms with Gasteiger partial charge < -0.3 is 9.47 Å². The first-order valence-corrected chi connectivity index (χ1v) is 12.0. The molecule has 0 unspecified atom stereocenters. The summed E-state index contributed by atoms with van der Waals surface area (Å²) in [7, 11) is 0. The van der Waals surface area contributed by atoms with Gasteiger partial charge in [-0.25, -0.2) is 14.1 Å². The van der Waals surface area contributed by atoms with E-state index in [2.05, 4.69) is 5.32 Å². The number of urea groups is 1. The molecule has 37 heavy (non-hydrogen) atoms. The standard InChI is InChI=1S/C28H24ClFN2O5/c1-3-19-9-5-6-11-23(19)32-27(34)21(26(33)31-28(32)35)13-18-14-22(29)25(24(15-18)36-4-2)37-16-17-8-7-10-20(30)12-17/h5-15H,3-4,16H2,1-2H3,(H,31,33,35)/b21-13-. The molecule has 7 nitrogen and oxygen atoms in total. The maximum absolute atomic E-state index is 13.5. The minimum atomic E-state index is -0.819. The minimum absolute atomic E-state index is 0.0484. The summed E-state index contributed by atoms with van der Waals surface area (Å²) in [5, 5.41) is 2.40. The van der Waals surface area contributed by atoms with Crippen molar-refractivity contribution in [1.82, 2.24) is 5.32 Å². The zero-order chi connectivity index (χ0) is 26.5. The molecule has 4 rings (SSSR count). The van der Waals surface area contributed by atoms with E-state index in [-0.39, 0.29) is 34.5 Å². The average Bonchev–Trinajstić information content (AvgIpc) is 2.86. The number of halogens is 2. The van der Waals surface area contributed by atoms with Crippen LogP contribution < -0.4 is 19.7 Å². The van der Waals surface area contributed by atoms with Crippen LogP contribution in [0.1, 0.15) is 30.5 Å². The molecule has 190 valence electrons. The van der Waals surface area contributed by atoms with Gasteiger partial charge in [-0.2, -0.15) is 0 Å². The summed E-state index contributed by atoms with van der Waals surface area (Å²) in [4.78, 5) is 39.5. The van der Waals surface area contributed by atoms with Crippen LogP contribution in [-0.2, 0) is 22.6 Å². The molecule has 0 bridgehead atoms. The Kier molecular flexibility index (Phi) is 7.89. The number of carbonyl (C=O) groups excluding carboxylic acids is 3. The van der Waals surface area contributed by atoms with Crippen molar-refractivity contribution in [3.05, 3.63) is 93.8 Å². The molecule has 1 saturated heterocycles. The summed E-state index contributed by atoms with van der Waals surface area (Å²) in [6, 6.07) is 15.2. The fraction of sp³-hybridized carbons (Fsp3) is 0.179. The number of para-hydroxylation sites is 1. The predicted octanol–water partition coefficient (Wildman–Crippen LogP) is 5.69.